The molecule has 1 saturated carbocycles. The van der Waals surface area contributed by atoms with Gasteiger partial charge in [0.2, 0.25) is 0 Å². The van der Waals surface area contributed by atoms with Gasteiger partial charge in [0.1, 0.15) is 5.78 Å². The second kappa shape index (κ2) is 12.2. The Labute approximate surface area is 284 Å². The Balaban J connectivity index is 1.13. The smallest absolute Gasteiger partial charge is 0.129 e. The number of carbonyl (C=O) groups is 1. The molecule has 2 nitrogen and oxygen atoms in total. The van der Waals surface area contributed by atoms with Gasteiger partial charge in [-0.1, -0.05) is 126 Å². The van der Waals surface area contributed by atoms with Gasteiger partial charge in [0, 0.05) is 35.5 Å². The van der Waals surface area contributed by atoms with Gasteiger partial charge in [0.05, 0.1) is 0 Å². The Kier molecular flexibility index (Phi) is 8.38. The van der Waals surface area contributed by atoms with Gasteiger partial charge in [0.25, 0.3) is 0 Å². The summed E-state index contributed by atoms with van der Waals surface area (Å²) in [6.07, 6.45) is 19.6. The van der Waals surface area contributed by atoms with Crippen LogP contribution in [0.2, 0.25) is 0 Å². The number of ketones is 1. The average molecular weight is 626 g/mol. The van der Waals surface area contributed by atoms with Gasteiger partial charge in [-0.3, -0.25) is 0 Å². The zero-order chi connectivity index (χ0) is 33.0. The largest absolute Gasteiger partial charge is 0.370 e. The molecular formula is C45H55NO. The van der Waals surface area contributed by atoms with Crippen molar-refractivity contribution in [1.29, 1.82) is 0 Å². The molecule has 2 bridgehead atoms. The van der Waals surface area contributed by atoms with Crippen LogP contribution in [0.4, 0.5) is 0 Å². The maximum Gasteiger partial charge on any atom is 0.129 e. The summed E-state index contributed by atoms with van der Waals surface area (Å²) < 4.78 is 0. The van der Waals surface area contributed by atoms with Crippen LogP contribution < -0.4 is 0 Å². The first-order valence-corrected chi connectivity index (χ1v) is 18.5. The number of aryl methyl sites for hydroxylation is 1. The average Bonchev–Trinajstić information content (AvgIpc) is 3.16. The Morgan fingerprint density at radius 1 is 0.894 bits per heavy atom. The highest BCUT2D eigenvalue weighted by Crippen LogP contribution is 2.66. The predicted octanol–water partition coefficient (Wildman–Crippen LogP) is 11.0. The minimum Gasteiger partial charge on any atom is -0.370 e. The van der Waals surface area contributed by atoms with Gasteiger partial charge in [-0.2, -0.15) is 0 Å². The number of allylic oxidation sites excluding steroid dienone is 4. The summed E-state index contributed by atoms with van der Waals surface area (Å²) in [5.74, 6) is 1.74. The van der Waals surface area contributed by atoms with Crippen LogP contribution in [0.15, 0.2) is 90.7 Å². The van der Waals surface area contributed by atoms with Crippen LogP contribution in [0.3, 0.4) is 0 Å². The Morgan fingerprint density at radius 2 is 1.68 bits per heavy atom. The molecule has 4 aliphatic carbocycles. The summed E-state index contributed by atoms with van der Waals surface area (Å²) in [6, 6.07) is 23.3. The molecule has 0 N–H and O–H groups in total. The number of fused-ring (bicyclic) bond motifs is 3. The summed E-state index contributed by atoms with van der Waals surface area (Å²) in [4.78, 5) is 14.3. The molecular weight excluding hydrogens is 571 g/mol. The third-order valence-corrected chi connectivity index (χ3v) is 13.2. The second-order valence-electron chi connectivity index (χ2n) is 16.4. The minimum atomic E-state index is 0.0585. The lowest BCUT2D eigenvalue weighted by Gasteiger charge is -2.59. The van der Waals surface area contributed by atoms with Crippen LogP contribution in [0.5, 0.6) is 0 Å². The van der Waals surface area contributed by atoms with Crippen molar-refractivity contribution in [3.05, 3.63) is 113 Å². The standard InChI is InChI=1S/C45H55NO/c1-31(47)17-9-8-16-28-46-39-26-25-34-19-12-14-21-38(34)42(39)43(3,4)40(46)22-10-7-15-27-45-30-36(32(45)2)29-35-24-23-33-18-11-13-20-37(33)41(35)44(45,5)6/h7,10-15,18-21,23-24,27,32,36,40H,8-9,16-17,22,25-26,28-30H2,1-6H3/b10-7+,27-15+. The summed E-state index contributed by atoms with van der Waals surface area (Å²) in [7, 11) is 0. The molecule has 1 fully saturated rings. The van der Waals surface area contributed by atoms with E-state index in [1.807, 2.05) is 0 Å². The lowest BCUT2D eigenvalue weighted by Crippen LogP contribution is -2.54. The molecule has 1 aliphatic heterocycles. The van der Waals surface area contributed by atoms with Crippen molar-refractivity contribution in [3.8, 4) is 0 Å². The normalized spacial score (nSPS) is 27.1. The van der Waals surface area contributed by atoms with E-state index in [0.29, 0.717) is 24.2 Å². The van der Waals surface area contributed by atoms with E-state index in [1.165, 1.54) is 34.7 Å². The van der Waals surface area contributed by atoms with E-state index in [1.54, 1.807) is 29.3 Å². The van der Waals surface area contributed by atoms with Gasteiger partial charge < -0.3 is 9.69 Å². The third kappa shape index (κ3) is 5.26. The maximum absolute atomic E-state index is 11.5. The molecule has 0 spiro atoms. The summed E-state index contributed by atoms with van der Waals surface area (Å²) in [6.45, 7) is 15.3. The molecule has 0 amide bonds. The van der Waals surface area contributed by atoms with Crippen molar-refractivity contribution in [2.45, 2.75) is 111 Å². The Bertz CT molecular complexity index is 1770. The van der Waals surface area contributed by atoms with Gasteiger partial charge in [0.15, 0.2) is 0 Å². The van der Waals surface area contributed by atoms with Crippen LogP contribution in [0, 0.1) is 22.7 Å². The van der Waals surface area contributed by atoms with Crippen LogP contribution in [0.25, 0.3) is 16.3 Å². The fraction of sp³-hybridized carbons (Fsp3) is 0.489. The molecule has 1 heterocycles. The SMILES string of the molecule is CC(=O)CCCCCN1C2=C(c3ccccc3CC2)C(C)(C)C1C/C=C/C=C/C12CC(Cc3ccc4ccccc4c3C1(C)C)C2C. The molecule has 3 aromatic carbocycles. The van der Waals surface area contributed by atoms with Crippen molar-refractivity contribution >= 4 is 22.1 Å². The first-order valence-electron chi connectivity index (χ1n) is 18.5. The van der Waals surface area contributed by atoms with E-state index in [9.17, 15) is 4.79 Å². The number of carbonyl (C=O) groups excluding carboxylic acids is 1. The van der Waals surface area contributed by atoms with Crippen LogP contribution >= 0.6 is 0 Å². The molecule has 3 aromatic rings. The fourth-order valence-electron chi connectivity index (χ4n) is 10.6. The van der Waals surface area contributed by atoms with Crippen molar-refractivity contribution in [2.75, 3.05) is 6.54 Å². The number of benzene rings is 3. The van der Waals surface area contributed by atoms with Crippen molar-refractivity contribution in [3.63, 3.8) is 0 Å². The summed E-state index contributed by atoms with van der Waals surface area (Å²) in [5.41, 5.74) is 9.58. The number of rotatable bonds is 10. The highest BCUT2D eigenvalue weighted by molar-refractivity contribution is 5.88. The predicted molar refractivity (Wildman–Crippen MR) is 198 cm³/mol. The molecule has 2 heteroatoms. The number of hydrogen-bond donors (Lipinski definition) is 0. The highest BCUT2D eigenvalue weighted by atomic mass is 16.1. The second-order valence-corrected chi connectivity index (χ2v) is 16.4. The molecule has 4 unspecified atom stereocenters. The molecule has 0 radical (unpaired) electrons. The van der Waals surface area contributed by atoms with Crippen LogP contribution in [-0.4, -0.2) is 23.3 Å². The van der Waals surface area contributed by atoms with Crippen LogP contribution in [0.1, 0.15) is 109 Å². The zero-order valence-electron chi connectivity index (χ0n) is 29.7. The Morgan fingerprint density at radius 3 is 2.49 bits per heavy atom. The lowest BCUT2D eigenvalue weighted by atomic mass is 9.45. The molecule has 4 atom stereocenters. The van der Waals surface area contributed by atoms with Gasteiger partial charge in [-0.05, 0) is 108 Å². The van der Waals surface area contributed by atoms with Crippen molar-refractivity contribution in [2.24, 2.45) is 22.7 Å². The minimum absolute atomic E-state index is 0.0585. The number of Topliss-reactive ketones (excluding diaryl/α,β-unsaturated/α-hetero) is 1. The quantitative estimate of drug-likeness (QED) is 0.165. The van der Waals surface area contributed by atoms with E-state index >= 15 is 0 Å². The van der Waals surface area contributed by atoms with E-state index in [4.69, 9.17) is 0 Å². The topological polar surface area (TPSA) is 20.3 Å². The van der Waals surface area contributed by atoms with Crippen molar-refractivity contribution < 1.29 is 4.79 Å². The molecule has 8 rings (SSSR count). The monoisotopic (exact) mass is 625 g/mol. The molecule has 5 aliphatic rings. The third-order valence-electron chi connectivity index (χ3n) is 13.2. The molecule has 47 heavy (non-hydrogen) atoms. The van der Waals surface area contributed by atoms with Gasteiger partial charge >= 0.3 is 0 Å². The van der Waals surface area contributed by atoms with E-state index in [-0.39, 0.29) is 16.2 Å². The van der Waals surface area contributed by atoms with Gasteiger partial charge in [-0.25, -0.2) is 0 Å². The van der Waals surface area contributed by atoms with Gasteiger partial charge in [-0.15, -0.1) is 0 Å². The highest BCUT2D eigenvalue weighted by Gasteiger charge is 2.60. The lowest BCUT2D eigenvalue weighted by molar-refractivity contribution is -0.117. The Hall–Kier alpha value is -3.39. The van der Waals surface area contributed by atoms with E-state index < -0.39 is 0 Å². The first-order chi connectivity index (χ1) is 22.6. The van der Waals surface area contributed by atoms with E-state index in [2.05, 4.69) is 124 Å². The molecule has 0 aromatic heterocycles. The first kappa shape index (κ1) is 32.2. The van der Waals surface area contributed by atoms with Crippen molar-refractivity contribution in [1.82, 2.24) is 4.90 Å². The summed E-state index contributed by atoms with van der Waals surface area (Å²) in [5, 5.41) is 2.81. The number of nitrogens with zero attached hydrogens (tertiary/aromatic N) is 1. The number of hydrogen-bond acceptors (Lipinski definition) is 2. The van der Waals surface area contributed by atoms with E-state index in [0.717, 1.165) is 51.0 Å². The zero-order valence-corrected chi connectivity index (χ0v) is 29.7. The fourth-order valence-corrected chi connectivity index (χ4v) is 10.6. The van der Waals surface area contributed by atoms with Crippen LogP contribution in [-0.2, 0) is 23.1 Å². The number of unbranched alkanes of at least 4 members (excludes halogenated alkanes) is 2. The molecule has 246 valence electrons. The summed E-state index contributed by atoms with van der Waals surface area (Å²) >= 11 is 0. The molecule has 0 saturated heterocycles. The maximum atomic E-state index is 11.5.